The van der Waals surface area contributed by atoms with Gasteiger partial charge in [0.05, 0.1) is 12.6 Å². The van der Waals surface area contributed by atoms with Gasteiger partial charge in [0, 0.05) is 24.2 Å². The molecular formula is C20H22N2O3. The summed E-state index contributed by atoms with van der Waals surface area (Å²) in [6, 6.07) is 14.7. The molecule has 5 nitrogen and oxygen atoms in total. The Labute approximate surface area is 147 Å². The highest BCUT2D eigenvalue weighted by atomic mass is 16.5. The number of rotatable bonds is 5. The number of amides is 2. The highest BCUT2D eigenvalue weighted by Crippen LogP contribution is 2.22. The van der Waals surface area contributed by atoms with E-state index in [0.717, 1.165) is 17.0 Å². The van der Waals surface area contributed by atoms with Crippen LogP contribution in [0.1, 0.15) is 29.3 Å². The molecule has 2 aromatic rings. The predicted molar refractivity (Wildman–Crippen MR) is 97.0 cm³/mol. The largest absolute Gasteiger partial charge is 0.494 e. The summed E-state index contributed by atoms with van der Waals surface area (Å²) in [7, 11) is 0. The minimum atomic E-state index is -0.187. The number of benzene rings is 2. The van der Waals surface area contributed by atoms with E-state index in [-0.39, 0.29) is 17.9 Å². The van der Waals surface area contributed by atoms with Crippen molar-refractivity contribution < 1.29 is 14.3 Å². The summed E-state index contributed by atoms with van der Waals surface area (Å²) < 4.78 is 5.38. The van der Waals surface area contributed by atoms with Crippen LogP contribution in [-0.4, -0.2) is 31.0 Å². The number of nitrogens with one attached hydrogen (secondary N) is 1. The van der Waals surface area contributed by atoms with Gasteiger partial charge in [0.15, 0.2) is 0 Å². The maximum atomic E-state index is 12.4. The Morgan fingerprint density at radius 1 is 1.16 bits per heavy atom. The van der Waals surface area contributed by atoms with E-state index in [1.54, 1.807) is 29.2 Å². The van der Waals surface area contributed by atoms with Gasteiger partial charge in [-0.25, -0.2) is 0 Å². The fourth-order valence-corrected chi connectivity index (χ4v) is 2.92. The van der Waals surface area contributed by atoms with Crippen LogP contribution in [0.2, 0.25) is 0 Å². The molecule has 1 unspecified atom stereocenters. The molecule has 5 heteroatoms. The Kier molecular flexibility index (Phi) is 5.03. The topological polar surface area (TPSA) is 58.6 Å². The molecule has 0 radical (unpaired) electrons. The number of ether oxygens (including phenoxy) is 1. The molecular weight excluding hydrogens is 316 g/mol. The molecule has 2 amide bonds. The number of aryl methyl sites for hydroxylation is 1. The highest BCUT2D eigenvalue weighted by molar-refractivity contribution is 5.99. The third-order valence-electron chi connectivity index (χ3n) is 4.23. The second kappa shape index (κ2) is 7.38. The smallest absolute Gasteiger partial charge is 0.251 e. The summed E-state index contributed by atoms with van der Waals surface area (Å²) in [4.78, 5) is 26.4. The lowest BCUT2D eigenvalue weighted by atomic mass is 10.2. The van der Waals surface area contributed by atoms with Crippen molar-refractivity contribution in [2.45, 2.75) is 26.3 Å². The molecule has 1 N–H and O–H groups in total. The molecule has 2 aromatic carbocycles. The minimum absolute atomic E-state index is 0.0286. The second-order valence-electron chi connectivity index (χ2n) is 6.17. The van der Waals surface area contributed by atoms with E-state index >= 15 is 0 Å². The number of hydrogen-bond donors (Lipinski definition) is 1. The van der Waals surface area contributed by atoms with Crippen LogP contribution >= 0.6 is 0 Å². The van der Waals surface area contributed by atoms with E-state index in [1.807, 2.05) is 38.1 Å². The third kappa shape index (κ3) is 3.99. The van der Waals surface area contributed by atoms with Crippen LogP contribution in [0, 0.1) is 6.92 Å². The van der Waals surface area contributed by atoms with Crippen LogP contribution in [0.15, 0.2) is 48.5 Å². The highest BCUT2D eigenvalue weighted by Gasteiger charge is 2.31. The zero-order valence-corrected chi connectivity index (χ0v) is 14.5. The van der Waals surface area contributed by atoms with Crippen LogP contribution in [0.3, 0.4) is 0 Å². The van der Waals surface area contributed by atoms with Crippen molar-refractivity contribution in [3.05, 3.63) is 59.7 Å². The lowest BCUT2D eigenvalue weighted by Crippen LogP contribution is -2.37. The normalized spacial score (nSPS) is 16.8. The van der Waals surface area contributed by atoms with Crippen LogP contribution in [0.5, 0.6) is 5.75 Å². The Hall–Kier alpha value is -2.82. The first-order chi connectivity index (χ1) is 12.1. The van der Waals surface area contributed by atoms with E-state index in [4.69, 9.17) is 4.74 Å². The van der Waals surface area contributed by atoms with Gasteiger partial charge in [-0.2, -0.15) is 0 Å². The Morgan fingerprint density at radius 3 is 2.48 bits per heavy atom. The van der Waals surface area contributed by atoms with Crippen LogP contribution < -0.4 is 15.0 Å². The van der Waals surface area contributed by atoms with Gasteiger partial charge in [-0.1, -0.05) is 17.7 Å². The lowest BCUT2D eigenvalue weighted by Gasteiger charge is -2.17. The van der Waals surface area contributed by atoms with Crippen molar-refractivity contribution in [3.63, 3.8) is 0 Å². The van der Waals surface area contributed by atoms with E-state index in [9.17, 15) is 9.59 Å². The van der Waals surface area contributed by atoms with Crippen molar-refractivity contribution in [2.24, 2.45) is 0 Å². The summed E-state index contributed by atoms with van der Waals surface area (Å²) in [5, 5.41) is 2.95. The molecule has 130 valence electrons. The molecule has 0 aromatic heterocycles. The first kappa shape index (κ1) is 17.0. The SMILES string of the molecule is CCOc1ccc(C(=O)NC2CC(=O)N(c3ccc(C)cc3)C2)cc1. The maximum Gasteiger partial charge on any atom is 0.251 e. The molecule has 1 aliphatic heterocycles. The standard InChI is InChI=1S/C20H22N2O3/c1-3-25-18-10-6-15(7-11-18)20(24)21-16-12-19(23)22(13-16)17-8-4-14(2)5-9-17/h4-11,16H,3,12-13H2,1-2H3,(H,21,24). The van der Waals surface area contributed by atoms with E-state index in [0.29, 0.717) is 25.1 Å². The number of carbonyl (C=O) groups is 2. The minimum Gasteiger partial charge on any atom is -0.494 e. The predicted octanol–water partition coefficient (Wildman–Crippen LogP) is 2.93. The van der Waals surface area contributed by atoms with Gasteiger partial charge in [0.25, 0.3) is 5.91 Å². The summed E-state index contributed by atoms with van der Waals surface area (Å²) >= 11 is 0. The Balaban J connectivity index is 1.62. The molecule has 0 saturated carbocycles. The zero-order valence-electron chi connectivity index (χ0n) is 14.5. The molecule has 0 spiro atoms. The molecule has 3 rings (SSSR count). The molecule has 1 heterocycles. The van der Waals surface area contributed by atoms with Gasteiger partial charge in [-0.05, 0) is 50.2 Å². The van der Waals surface area contributed by atoms with Crippen molar-refractivity contribution in [1.29, 1.82) is 0 Å². The van der Waals surface area contributed by atoms with Crippen LogP contribution in [0.25, 0.3) is 0 Å². The van der Waals surface area contributed by atoms with Gasteiger partial charge in [-0.3, -0.25) is 9.59 Å². The Bertz CT molecular complexity index is 754. The summed E-state index contributed by atoms with van der Waals surface area (Å²) in [5.41, 5.74) is 2.58. The molecule has 1 saturated heterocycles. The molecule has 1 atom stereocenters. The number of anilines is 1. The summed E-state index contributed by atoms with van der Waals surface area (Å²) in [6.07, 6.45) is 0.316. The van der Waals surface area contributed by atoms with Crippen LogP contribution in [0.4, 0.5) is 5.69 Å². The van der Waals surface area contributed by atoms with Crippen molar-refractivity contribution in [2.75, 3.05) is 18.1 Å². The molecule has 1 aliphatic rings. The van der Waals surface area contributed by atoms with E-state index < -0.39 is 0 Å². The van der Waals surface area contributed by atoms with Crippen LogP contribution in [-0.2, 0) is 4.79 Å². The molecule has 0 bridgehead atoms. The third-order valence-corrected chi connectivity index (χ3v) is 4.23. The van der Waals surface area contributed by atoms with Gasteiger partial charge in [-0.15, -0.1) is 0 Å². The van der Waals surface area contributed by atoms with E-state index in [2.05, 4.69) is 5.32 Å². The van der Waals surface area contributed by atoms with Crippen molar-refractivity contribution >= 4 is 17.5 Å². The number of nitrogens with zero attached hydrogens (tertiary/aromatic N) is 1. The number of carbonyl (C=O) groups excluding carboxylic acids is 2. The molecule has 0 aliphatic carbocycles. The lowest BCUT2D eigenvalue weighted by molar-refractivity contribution is -0.117. The molecule has 25 heavy (non-hydrogen) atoms. The van der Waals surface area contributed by atoms with Gasteiger partial charge < -0.3 is 15.0 Å². The second-order valence-corrected chi connectivity index (χ2v) is 6.17. The fraction of sp³-hybridized carbons (Fsp3) is 0.300. The van der Waals surface area contributed by atoms with Gasteiger partial charge >= 0.3 is 0 Å². The van der Waals surface area contributed by atoms with E-state index in [1.165, 1.54) is 0 Å². The average Bonchev–Trinajstić information content (AvgIpc) is 2.97. The zero-order chi connectivity index (χ0) is 17.8. The number of hydrogen-bond acceptors (Lipinski definition) is 3. The van der Waals surface area contributed by atoms with Crippen molar-refractivity contribution in [3.8, 4) is 5.75 Å². The summed E-state index contributed by atoms with van der Waals surface area (Å²) in [6.45, 7) is 5.00. The monoisotopic (exact) mass is 338 g/mol. The fourth-order valence-electron chi connectivity index (χ4n) is 2.92. The van der Waals surface area contributed by atoms with Gasteiger partial charge in [0.2, 0.25) is 5.91 Å². The summed E-state index contributed by atoms with van der Waals surface area (Å²) in [5.74, 6) is 0.591. The molecule has 1 fully saturated rings. The first-order valence-electron chi connectivity index (χ1n) is 8.47. The van der Waals surface area contributed by atoms with Gasteiger partial charge in [0.1, 0.15) is 5.75 Å². The van der Waals surface area contributed by atoms with Crippen molar-refractivity contribution in [1.82, 2.24) is 5.32 Å². The maximum absolute atomic E-state index is 12.4. The average molecular weight is 338 g/mol. The first-order valence-corrected chi connectivity index (χ1v) is 8.47. The Morgan fingerprint density at radius 2 is 1.84 bits per heavy atom. The quantitative estimate of drug-likeness (QED) is 0.912.